The summed E-state index contributed by atoms with van der Waals surface area (Å²) in [6.07, 6.45) is 0. The van der Waals surface area contributed by atoms with E-state index in [2.05, 4.69) is 5.32 Å². The molecule has 0 bridgehead atoms. The molecule has 0 heterocycles. The normalized spacial score (nSPS) is 10.1. The van der Waals surface area contributed by atoms with Crippen molar-refractivity contribution in [2.24, 2.45) is 0 Å². The molecule has 3 N–H and O–H groups in total. The monoisotopic (exact) mass is 301 g/mol. The number of ether oxygens (including phenoxy) is 1. The van der Waals surface area contributed by atoms with Gasteiger partial charge in [0.25, 0.3) is 0 Å². The second-order valence-corrected chi connectivity index (χ2v) is 4.68. The fourth-order valence-corrected chi connectivity index (χ4v) is 2.01. The van der Waals surface area contributed by atoms with E-state index in [1.54, 1.807) is 25.1 Å². The van der Waals surface area contributed by atoms with E-state index in [-0.39, 0.29) is 11.1 Å². The number of aromatic carboxylic acids is 2. The van der Waals surface area contributed by atoms with Crippen molar-refractivity contribution in [3.8, 4) is 5.75 Å². The van der Waals surface area contributed by atoms with Crippen molar-refractivity contribution in [2.75, 3.05) is 12.4 Å². The fourth-order valence-electron chi connectivity index (χ4n) is 2.01. The van der Waals surface area contributed by atoms with Crippen LogP contribution in [0.5, 0.6) is 5.75 Å². The summed E-state index contributed by atoms with van der Waals surface area (Å²) in [6.45, 7) is 1.78. The zero-order chi connectivity index (χ0) is 16.3. The lowest BCUT2D eigenvalue weighted by atomic mass is 10.1. The number of carbonyl (C=O) groups is 2. The Labute approximate surface area is 127 Å². The van der Waals surface area contributed by atoms with Gasteiger partial charge >= 0.3 is 11.9 Å². The third kappa shape index (κ3) is 3.17. The number of rotatable bonds is 5. The van der Waals surface area contributed by atoms with Gasteiger partial charge in [0.2, 0.25) is 0 Å². The van der Waals surface area contributed by atoms with Crippen molar-refractivity contribution >= 4 is 23.3 Å². The molecule has 0 unspecified atom stereocenters. The first kappa shape index (κ1) is 15.4. The summed E-state index contributed by atoms with van der Waals surface area (Å²) < 4.78 is 5.19. The number of aryl methyl sites for hydroxylation is 1. The SMILES string of the molecule is COc1cc(C(=O)O)ccc1Nc1ccc(C(=O)O)cc1C. The van der Waals surface area contributed by atoms with Crippen LogP contribution in [0.2, 0.25) is 0 Å². The topological polar surface area (TPSA) is 95.9 Å². The molecule has 2 aromatic rings. The molecule has 0 spiro atoms. The molecule has 0 aliphatic heterocycles. The van der Waals surface area contributed by atoms with Gasteiger partial charge in [-0.1, -0.05) is 0 Å². The molecule has 6 heteroatoms. The number of benzene rings is 2. The highest BCUT2D eigenvalue weighted by atomic mass is 16.5. The number of hydrogen-bond acceptors (Lipinski definition) is 4. The molecule has 0 aliphatic rings. The van der Waals surface area contributed by atoms with Gasteiger partial charge in [-0.25, -0.2) is 9.59 Å². The molecule has 0 saturated carbocycles. The number of anilines is 2. The highest BCUT2D eigenvalue weighted by molar-refractivity contribution is 5.90. The van der Waals surface area contributed by atoms with Gasteiger partial charge < -0.3 is 20.3 Å². The summed E-state index contributed by atoms with van der Waals surface area (Å²) in [5.74, 6) is -1.63. The number of nitrogens with one attached hydrogen (secondary N) is 1. The Kier molecular flexibility index (Phi) is 4.31. The average molecular weight is 301 g/mol. The molecule has 0 amide bonds. The minimum Gasteiger partial charge on any atom is -0.495 e. The Balaban J connectivity index is 2.34. The molecule has 0 saturated heterocycles. The first-order chi connectivity index (χ1) is 10.4. The lowest BCUT2D eigenvalue weighted by Gasteiger charge is -2.14. The average Bonchev–Trinajstić information content (AvgIpc) is 2.49. The molecule has 0 aliphatic carbocycles. The summed E-state index contributed by atoms with van der Waals surface area (Å²) in [7, 11) is 1.45. The van der Waals surface area contributed by atoms with E-state index in [9.17, 15) is 9.59 Å². The van der Waals surface area contributed by atoms with Gasteiger partial charge in [-0.05, 0) is 48.9 Å². The van der Waals surface area contributed by atoms with E-state index in [0.29, 0.717) is 17.1 Å². The van der Waals surface area contributed by atoms with Gasteiger partial charge in [0.15, 0.2) is 0 Å². The predicted molar refractivity (Wildman–Crippen MR) is 81.4 cm³/mol. The predicted octanol–water partition coefficient (Wildman–Crippen LogP) is 3.14. The molecule has 0 radical (unpaired) electrons. The zero-order valence-electron chi connectivity index (χ0n) is 12.1. The van der Waals surface area contributed by atoms with Crippen LogP contribution < -0.4 is 10.1 Å². The van der Waals surface area contributed by atoms with Crippen LogP contribution in [0, 0.1) is 6.92 Å². The Morgan fingerprint density at radius 3 is 2.00 bits per heavy atom. The van der Waals surface area contributed by atoms with Crippen LogP contribution in [0.25, 0.3) is 0 Å². The second-order valence-electron chi connectivity index (χ2n) is 4.68. The van der Waals surface area contributed by atoms with Crippen LogP contribution in [0.3, 0.4) is 0 Å². The summed E-state index contributed by atoms with van der Waals surface area (Å²) in [4.78, 5) is 21.9. The van der Waals surface area contributed by atoms with Gasteiger partial charge in [-0.2, -0.15) is 0 Å². The number of methoxy groups -OCH3 is 1. The second kappa shape index (κ2) is 6.17. The van der Waals surface area contributed by atoms with E-state index in [0.717, 1.165) is 5.56 Å². The molecule has 22 heavy (non-hydrogen) atoms. The van der Waals surface area contributed by atoms with Crippen molar-refractivity contribution in [3.63, 3.8) is 0 Å². The van der Waals surface area contributed by atoms with Crippen LogP contribution in [0.1, 0.15) is 26.3 Å². The Morgan fingerprint density at radius 2 is 1.50 bits per heavy atom. The summed E-state index contributed by atoms with van der Waals surface area (Å²) >= 11 is 0. The highest BCUT2D eigenvalue weighted by Gasteiger charge is 2.11. The minimum absolute atomic E-state index is 0.125. The summed E-state index contributed by atoms with van der Waals surface area (Å²) in [5, 5.41) is 21.1. The number of hydrogen-bond donors (Lipinski definition) is 3. The molecule has 6 nitrogen and oxygen atoms in total. The van der Waals surface area contributed by atoms with Crippen molar-refractivity contribution in [2.45, 2.75) is 6.92 Å². The number of carboxylic acids is 2. The van der Waals surface area contributed by atoms with Gasteiger partial charge in [-0.15, -0.1) is 0 Å². The lowest BCUT2D eigenvalue weighted by molar-refractivity contribution is 0.0686. The van der Waals surface area contributed by atoms with Crippen LogP contribution in [-0.4, -0.2) is 29.3 Å². The minimum atomic E-state index is -1.04. The molecule has 0 atom stereocenters. The zero-order valence-corrected chi connectivity index (χ0v) is 12.1. The molecular formula is C16H15NO5. The first-order valence-electron chi connectivity index (χ1n) is 6.44. The third-order valence-electron chi connectivity index (χ3n) is 3.19. The van der Waals surface area contributed by atoms with E-state index in [1.165, 1.54) is 25.3 Å². The molecule has 0 aromatic heterocycles. The molecule has 2 aromatic carbocycles. The maximum atomic E-state index is 11.0. The largest absolute Gasteiger partial charge is 0.495 e. The van der Waals surface area contributed by atoms with Crippen LogP contribution >= 0.6 is 0 Å². The summed E-state index contributed by atoms with van der Waals surface area (Å²) in [5.41, 5.74) is 2.39. The van der Waals surface area contributed by atoms with E-state index in [4.69, 9.17) is 14.9 Å². The molecule has 114 valence electrons. The maximum absolute atomic E-state index is 11.0. The Bertz CT molecular complexity index is 739. The number of carboxylic acid groups (broad SMARTS) is 2. The first-order valence-corrected chi connectivity index (χ1v) is 6.44. The lowest BCUT2D eigenvalue weighted by Crippen LogP contribution is -2.02. The smallest absolute Gasteiger partial charge is 0.335 e. The van der Waals surface area contributed by atoms with Gasteiger partial charge in [0.05, 0.1) is 23.9 Å². The fraction of sp³-hybridized carbons (Fsp3) is 0.125. The molecular weight excluding hydrogens is 286 g/mol. The van der Waals surface area contributed by atoms with E-state index in [1.807, 2.05) is 0 Å². The van der Waals surface area contributed by atoms with E-state index >= 15 is 0 Å². The van der Waals surface area contributed by atoms with Gasteiger partial charge in [0.1, 0.15) is 5.75 Å². The van der Waals surface area contributed by atoms with Crippen molar-refractivity contribution in [1.29, 1.82) is 0 Å². The van der Waals surface area contributed by atoms with Gasteiger partial charge in [0, 0.05) is 5.69 Å². The van der Waals surface area contributed by atoms with Crippen LogP contribution in [-0.2, 0) is 0 Å². The van der Waals surface area contributed by atoms with Crippen LogP contribution in [0.4, 0.5) is 11.4 Å². The molecule has 0 fully saturated rings. The van der Waals surface area contributed by atoms with Crippen molar-refractivity contribution < 1.29 is 24.5 Å². The quantitative estimate of drug-likeness (QED) is 0.785. The third-order valence-corrected chi connectivity index (χ3v) is 3.19. The maximum Gasteiger partial charge on any atom is 0.335 e. The van der Waals surface area contributed by atoms with Crippen LogP contribution in [0.15, 0.2) is 36.4 Å². The highest BCUT2D eigenvalue weighted by Crippen LogP contribution is 2.30. The van der Waals surface area contributed by atoms with E-state index < -0.39 is 11.9 Å². The Morgan fingerprint density at radius 1 is 0.955 bits per heavy atom. The van der Waals surface area contributed by atoms with Crippen molar-refractivity contribution in [1.82, 2.24) is 0 Å². The molecule has 2 rings (SSSR count). The Hall–Kier alpha value is -3.02. The van der Waals surface area contributed by atoms with Crippen molar-refractivity contribution in [3.05, 3.63) is 53.1 Å². The standard InChI is InChI=1S/C16H15NO5/c1-9-7-10(15(18)19)3-5-12(9)17-13-6-4-11(16(20)21)8-14(13)22-2/h3-8,17H,1-2H3,(H,18,19)(H,20,21). The van der Waals surface area contributed by atoms with Gasteiger partial charge in [-0.3, -0.25) is 0 Å². The summed E-state index contributed by atoms with van der Waals surface area (Å²) in [6, 6.07) is 9.20.